The van der Waals surface area contributed by atoms with Crippen molar-refractivity contribution >= 4 is 11.8 Å². The number of benzene rings is 1. The van der Waals surface area contributed by atoms with Gasteiger partial charge in [-0.2, -0.15) is 5.10 Å². The number of aryl methyl sites for hydroxylation is 2. The molecule has 0 spiro atoms. The van der Waals surface area contributed by atoms with Gasteiger partial charge < -0.3 is 9.80 Å². The topological polar surface area (TPSA) is 58.4 Å². The second-order valence-electron chi connectivity index (χ2n) is 9.77. The molecule has 1 aromatic heterocycles. The molecule has 0 aliphatic carbocycles. The average Bonchev–Trinajstić information content (AvgIpc) is 3.08. The SMILES string of the molecule is Cc1nn(C)cc1C(=O)N1CCC(C2(C)CCCCN(CCc3ccccc3)C2=O)CC1. The first-order valence-corrected chi connectivity index (χ1v) is 12.0. The summed E-state index contributed by atoms with van der Waals surface area (Å²) < 4.78 is 1.70. The molecule has 2 amide bonds. The molecular weight excluding hydrogens is 400 g/mol. The van der Waals surface area contributed by atoms with Crippen molar-refractivity contribution in [2.45, 2.75) is 52.4 Å². The average molecular weight is 437 g/mol. The molecule has 2 fully saturated rings. The molecule has 6 heteroatoms. The number of likely N-dealkylation sites (tertiary alicyclic amines) is 2. The number of carbonyl (C=O) groups excluding carboxylic acids is 2. The second kappa shape index (κ2) is 9.47. The van der Waals surface area contributed by atoms with Crippen LogP contribution < -0.4 is 0 Å². The molecule has 32 heavy (non-hydrogen) atoms. The van der Waals surface area contributed by atoms with Crippen LogP contribution in [0.5, 0.6) is 0 Å². The van der Waals surface area contributed by atoms with Crippen molar-refractivity contribution in [2.24, 2.45) is 18.4 Å². The lowest BCUT2D eigenvalue weighted by molar-refractivity contribution is -0.144. The fraction of sp³-hybridized carbons (Fsp3) is 0.577. The lowest BCUT2D eigenvalue weighted by Gasteiger charge is -2.43. The molecule has 3 heterocycles. The van der Waals surface area contributed by atoms with Gasteiger partial charge in [0.1, 0.15) is 0 Å². The van der Waals surface area contributed by atoms with Gasteiger partial charge in [0.15, 0.2) is 0 Å². The molecule has 0 saturated carbocycles. The zero-order valence-electron chi connectivity index (χ0n) is 19.7. The van der Waals surface area contributed by atoms with Gasteiger partial charge in [0.25, 0.3) is 5.91 Å². The summed E-state index contributed by atoms with van der Waals surface area (Å²) in [6.07, 6.45) is 7.62. The van der Waals surface area contributed by atoms with Gasteiger partial charge >= 0.3 is 0 Å². The molecule has 0 radical (unpaired) electrons. The van der Waals surface area contributed by atoms with Crippen molar-refractivity contribution in [3.63, 3.8) is 0 Å². The number of amides is 2. The van der Waals surface area contributed by atoms with E-state index in [1.807, 2.05) is 31.1 Å². The normalized spacial score (nSPS) is 22.8. The summed E-state index contributed by atoms with van der Waals surface area (Å²) >= 11 is 0. The summed E-state index contributed by atoms with van der Waals surface area (Å²) in [4.78, 5) is 30.7. The summed E-state index contributed by atoms with van der Waals surface area (Å²) in [6.45, 7) is 7.14. The summed E-state index contributed by atoms with van der Waals surface area (Å²) in [6, 6.07) is 10.4. The molecule has 0 bridgehead atoms. The largest absolute Gasteiger partial charge is 0.342 e. The van der Waals surface area contributed by atoms with Crippen molar-refractivity contribution in [3.8, 4) is 0 Å². The highest BCUT2D eigenvalue weighted by Crippen LogP contribution is 2.42. The third kappa shape index (κ3) is 4.59. The Morgan fingerprint density at radius 1 is 1.12 bits per heavy atom. The van der Waals surface area contributed by atoms with Gasteiger partial charge in [0, 0.05) is 44.8 Å². The first kappa shape index (κ1) is 22.6. The smallest absolute Gasteiger partial charge is 0.257 e. The predicted octanol–water partition coefficient (Wildman–Crippen LogP) is 3.84. The van der Waals surface area contributed by atoms with E-state index in [0.717, 1.165) is 57.3 Å². The fourth-order valence-corrected chi connectivity index (χ4v) is 5.57. The predicted molar refractivity (Wildman–Crippen MR) is 125 cm³/mol. The van der Waals surface area contributed by atoms with Crippen LogP contribution in [0.3, 0.4) is 0 Å². The number of hydrogen-bond acceptors (Lipinski definition) is 3. The molecule has 1 atom stereocenters. The van der Waals surface area contributed by atoms with Crippen LogP contribution in [0.2, 0.25) is 0 Å². The van der Waals surface area contributed by atoms with Crippen molar-refractivity contribution < 1.29 is 9.59 Å². The number of rotatable bonds is 5. The Kier molecular flexibility index (Phi) is 6.68. The molecular formula is C26H36N4O2. The Balaban J connectivity index is 1.40. The minimum atomic E-state index is -0.327. The molecule has 172 valence electrons. The van der Waals surface area contributed by atoms with Crippen molar-refractivity contribution in [1.29, 1.82) is 0 Å². The third-order valence-corrected chi connectivity index (χ3v) is 7.59. The van der Waals surface area contributed by atoms with E-state index in [4.69, 9.17) is 0 Å². The van der Waals surface area contributed by atoms with E-state index in [9.17, 15) is 9.59 Å². The van der Waals surface area contributed by atoms with E-state index in [-0.39, 0.29) is 11.3 Å². The van der Waals surface area contributed by atoms with Gasteiger partial charge in [-0.25, -0.2) is 0 Å². The Hall–Kier alpha value is -2.63. The van der Waals surface area contributed by atoms with Crippen molar-refractivity contribution in [2.75, 3.05) is 26.2 Å². The van der Waals surface area contributed by atoms with Crippen LogP contribution >= 0.6 is 0 Å². The maximum absolute atomic E-state index is 13.7. The van der Waals surface area contributed by atoms with E-state index in [2.05, 4.69) is 41.2 Å². The molecule has 2 aliphatic heterocycles. The molecule has 6 nitrogen and oxygen atoms in total. The highest BCUT2D eigenvalue weighted by molar-refractivity contribution is 5.95. The zero-order valence-corrected chi connectivity index (χ0v) is 19.7. The number of piperidine rings is 1. The van der Waals surface area contributed by atoms with E-state index < -0.39 is 0 Å². The molecule has 2 saturated heterocycles. The summed E-state index contributed by atoms with van der Waals surface area (Å²) in [7, 11) is 1.85. The van der Waals surface area contributed by atoms with Gasteiger partial charge in [-0.05, 0) is 50.5 Å². The van der Waals surface area contributed by atoms with Crippen LogP contribution in [0.25, 0.3) is 0 Å². The molecule has 2 aliphatic rings. The third-order valence-electron chi connectivity index (χ3n) is 7.59. The van der Waals surface area contributed by atoms with E-state index in [1.54, 1.807) is 4.68 Å². The summed E-state index contributed by atoms with van der Waals surface area (Å²) in [5.74, 6) is 0.709. The van der Waals surface area contributed by atoms with Crippen LogP contribution in [0, 0.1) is 18.3 Å². The van der Waals surface area contributed by atoms with Gasteiger partial charge in [-0.15, -0.1) is 0 Å². The lowest BCUT2D eigenvalue weighted by Crippen LogP contribution is -2.49. The summed E-state index contributed by atoms with van der Waals surface area (Å²) in [5.41, 5.74) is 2.42. The zero-order chi connectivity index (χ0) is 22.7. The van der Waals surface area contributed by atoms with Crippen LogP contribution in [-0.4, -0.2) is 57.6 Å². The monoisotopic (exact) mass is 436 g/mol. The van der Waals surface area contributed by atoms with Crippen molar-refractivity contribution in [1.82, 2.24) is 19.6 Å². The maximum Gasteiger partial charge on any atom is 0.257 e. The molecule has 1 unspecified atom stereocenters. The molecule has 0 N–H and O–H groups in total. The highest BCUT2D eigenvalue weighted by Gasteiger charge is 2.45. The first-order chi connectivity index (χ1) is 15.4. The Bertz CT molecular complexity index is 946. The fourth-order valence-electron chi connectivity index (χ4n) is 5.57. The molecule has 1 aromatic carbocycles. The van der Waals surface area contributed by atoms with Crippen molar-refractivity contribution in [3.05, 3.63) is 53.3 Å². The number of hydrogen-bond donors (Lipinski definition) is 0. The highest BCUT2D eigenvalue weighted by atomic mass is 16.2. The van der Waals surface area contributed by atoms with E-state index >= 15 is 0 Å². The Morgan fingerprint density at radius 3 is 2.50 bits per heavy atom. The van der Waals surface area contributed by atoms with Gasteiger partial charge in [0.05, 0.1) is 11.3 Å². The molecule has 2 aromatic rings. The Labute approximate surface area is 191 Å². The molecule has 4 rings (SSSR count). The van der Waals surface area contributed by atoms with Gasteiger partial charge in [0.2, 0.25) is 5.91 Å². The number of nitrogens with zero attached hydrogens (tertiary/aromatic N) is 4. The minimum absolute atomic E-state index is 0.0656. The van der Waals surface area contributed by atoms with Crippen LogP contribution in [0.1, 0.15) is 60.6 Å². The lowest BCUT2D eigenvalue weighted by atomic mass is 9.69. The van der Waals surface area contributed by atoms with E-state index in [0.29, 0.717) is 30.5 Å². The second-order valence-corrected chi connectivity index (χ2v) is 9.77. The summed E-state index contributed by atoms with van der Waals surface area (Å²) in [5, 5.41) is 4.31. The van der Waals surface area contributed by atoms with Crippen LogP contribution in [0.15, 0.2) is 36.5 Å². The van der Waals surface area contributed by atoms with E-state index in [1.165, 1.54) is 5.56 Å². The number of aromatic nitrogens is 2. The maximum atomic E-state index is 13.7. The standard InChI is InChI=1S/C26H36N4O2/c1-20-23(19-28(3)27-20)24(31)29-17-12-22(13-18-29)26(2)14-7-8-15-30(25(26)32)16-11-21-9-5-4-6-10-21/h4-6,9-10,19,22H,7-8,11-18H2,1-3H3. The minimum Gasteiger partial charge on any atom is -0.342 e. The quantitative estimate of drug-likeness (QED) is 0.716. The number of carbonyl (C=O) groups is 2. The van der Waals surface area contributed by atoms with Gasteiger partial charge in [-0.3, -0.25) is 14.3 Å². The Morgan fingerprint density at radius 2 is 1.84 bits per heavy atom. The van der Waals surface area contributed by atoms with Crippen LogP contribution in [0.4, 0.5) is 0 Å². The van der Waals surface area contributed by atoms with Crippen LogP contribution in [-0.2, 0) is 18.3 Å². The van der Waals surface area contributed by atoms with Gasteiger partial charge in [-0.1, -0.05) is 43.7 Å². The first-order valence-electron chi connectivity index (χ1n) is 12.0.